The van der Waals surface area contributed by atoms with Crippen molar-refractivity contribution < 1.29 is 14.7 Å². The Labute approximate surface area is 147 Å². The Kier molecular flexibility index (Phi) is 5.24. The van der Waals surface area contributed by atoms with Crippen LogP contribution >= 0.6 is 0 Å². The predicted molar refractivity (Wildman–Crippen MR) is 96.8 cm³/mol. The highest BCUT2D eigenvalue weighted by molar-refractivity contribution is 5.97. The maximum absolute atomic E-state index is 12.2. The highest BCUT2D eigenvalue weighted by Crippen LogP contribution is 2.26. The van der Waals surface area contributed by atoms with Crippen LogP contribution in [0.25, 0.3) is 0 Å². The molecule has 2 aliphatic heterocycles. The predicted octanol–water partition coefficient (Wildman–Crippen LogP) is 1.36. The van der Waals surface area contributed by atoms with E-state index in [2.05, 4.69) is 16.0 Å². The van der Waals surface area contributed by atoms with Gasteiger partial charge >= 0.3 is 6.03 Å². The summed E-state index contributed by atoms with van der Waals surface area (Å²) >= 11 is 0. The Bertz CT molecular complexity index is 656. The number of piperidine rings is 1. The summed E-state index contributed by atoms with van der Waals surface area (Å²) in [5.41, 5.74) is 1.50. The monoisotopic (exact) mass is 346 g/mol. The van der Waals surface area contributed by atoms with E-state index in [1.54, 1.807) is 4.90 Å². The molecule has 3 amide bonds. The van der Waals surface area contributed by atoms with E-state index in [1.807, 2.05) is 25.1 Å². The highest BCUT2D eigenvalue weighted by atomic mass is 16.3. The molecule has 4 N–H and O–H groups in total. The number of benzene rings is 1. The van der Waals surface area contributed by atoms with Crippen LogP contribution in [0.1, 0.15) is 31.2 Å². The van der Waals surface area contributed by atoms with Crippen molar-refractivity contribution in [3.05, 3.63) is 23.8 Å². The van der Waals surface area contributed by atoms with E-state index in [9.17, 15) is 14.7 Å². The second-order valence-electron chi connectivity index (χ2n) is 6.96. The van der Waals surface area contributed by atoms with Crippen molar-refractivity contribution in [1.82, 2.24) is 10.6 Å². The van der Waals surface area contributed by atoms with Gasteiger partial charge in [0.1, 0.15) is 0 Å². The minimum Gasteiger partial charge on any atom is -0.387 e. The summed E-state index contributed by atoms with van der Waals surface area (Å²) in [5.74, 6) is 0.117. The smallest absolute Gasteiger partial charge is 0.319 e. The quantitative estimate of drug-likeness (QED) is 0.662. The number of carbonyl (C=O) groups is 2. The summed E-state index contributed by atoms with van der Waals surface area (Å²) in [6.07, 6.45) is 3.00. The Hall–Kier alpha value is -2.12. The fourth-order valence-corrected chi connectivity index (χ4v) is 3.35. The van der Waals surface area contributed by atoms with Gasteiger partial charge < -0.3 is 26.0 Å². The average Bonchev–Trinajstić information content (AvgIpc) is 3.02. The molecule has 2 saturated heterocycles. The Morgan fingerprint density at radius 1 is 1.40 bits per heavy atom. The second-order valence-corrected chi connectivity index (χ2v) is 6.96. The molecule has 0 aliphatic carbocycles. The molecule has 25 heavy (non-hydrogen) atoms. The van der Waals surface area contributed by atoms with E-state index in [-0.39, 0.29) is 18.5 Å². The lowest BCUT2D eigenvalue weighted by Gasteiger charge is -2.32. The van der Waals surface area contributed by atoms with Crippen LogP contribution in [0.2, 0.25) is 0 Å². The summed E-state index contributed by atoms with van der Waals surface area (Å²) in [5, 5.41) is 19.1. The van der Waals surface area contributed by atoms with Crippen molar-refractivity contribution in [3.63, 3.8) is 0 Å². The standard InChI is InChI=1S/C18H26N4O3/c1-13-5-6-14(22-9-2-4-16(22)23)10-15(13)21-17(24)20-12-18(25)7-3-8-19-11-18/h5-6,10,19,25H,2-4,7-9,11-12H2,1H3,(H2,20,21,24)/t18-/m1/s1. The molecule has 0 spiro atoms. The molecule has 1 atom stereocenters. The van der Waals surface area contributed by atoms with Gasteiger partial charge in [-0.3, -0.25) is 4.79 Å². The molecule has 1 aromatic rings. The van der Waals surface area contributed by atoms with E-state index >= 15 is 0 Å². The molecule has 0 saturated carbocycles. The van der Waals surface area contributed by atoms with Gasteiger partial charge in [0.15, 0.2) is 0 Å². The lowest BCUT2D eigenvalue weighted by atomic mass is 9.94. The number of nitrogens with one attached hydrogen (secondary N) is 3. The second kappa shape index (κ2) is 7.41. The summed E-state index contributed by atoms with van der Waals surface area (Å²) in [4.78, 5) is 25.9. The van der Waals surface area contributed by atoms with Crippen molar-refractivity contribution in [2.24, 2.45) is 0 Å². The van der Waals surface area contributed by atoms with Crippen LogP contribution in [-0.2, 0) is 4.79 Å². The molecule has 0 unspecified atom stereocenters. The third-order valence-electron chi connectivity index (χ3n) is 4.88. The van der Waals surface area contributed by atoms with Gasteiger partial charge in [0.05, 0.1) is 5.60 Å². The van der Waals surface area contributed by atoms with Crippen molar-refractivity contribution in [3.8, 4) is 0 Å². The Morgan fingerprint density at radius 2 is 2.24 bits per heavy atom. The molecule has 0 bridgehead atoms. The molecular formula is C18H26N4O3. The topological polar surface area (TPSA) is 93.7 Å². The third-order valence-corrected chi connectivity index (χ3v) is 4.88. The minimum absolute atomic E-state index is 0.117. The number of aliphatic hydroxyl groups is 1. The first kappa shape index (κ1) is 17.7. The van der Waals surface area contributed by atoms with E-state index in [4.69, 9.17) is 0 Å². The zero-order valence-corrected chi connectivity index (χ0v) is 14.6. The van der Waals surface area contributed by atoms with E-state index in [1.165, 1.54) is 0 Å². The maximum atomic E-state index is 12.2. The van der Waals surface area contributed by atoms with Crippen molar-refractivity contribution in [2.75, 3.05) is 36.4 Å². The Morgan fingerprint density at radius 3 is 2.92 bits per heavy atom. The zero-order chi connectivity index (χ0) is 17.9. The van der Waals surface area contributed by atoms with Gasteiger partial charge in [0, 0.05) is 37.4 Å². The first-order valence-electron chi connectivity index (χ1n) is 8.86. The van der Waals surface area contributed by atoms with Gasteiger partial charge in [-0.25, -0.2) is 4.79 Å². The molecule has 7 nitrogen and oxygen atoms in total. The van der Waals surface area contributed by atoms with E-state index in [0.29, 0.717) is 31.6 Å². The van der Waals surface area contributed by atoms with Gasteiger partial charge in [-0.15, -0.1) is 0 Å². The number of β-amino-alcohol motifs (C(OH)–C–C–N with tert-alkyl or cyclic N) is 1. The van der Waals surface area contributed by atoms with Crippen LogP contribution in [0.4, 0.5) is 16.2 Å². The molecule has 0 aromatic heterocycles. The van der Waals surface area contributed by atoms with Crippen molar-refractivity contribution in [1.29, 1.82) is 0 Å². The molecule has 3 rings (SSSR count). The zero-order valence-electron chi connectivity index (χ0n) is 14.6. The molecule has 2 fully saturated rings. The van der Waals surface area contributed by atoms with Gasteiger partial charge in [0.2, 0.25) is 5.91 Å². The number of anilines is 2. The van der Waals surface area contributed by atoms with Gasteiger partial charge in [-0.05, 0) is 50.4 Å². The molecule has 1 aromatic carbocycles. The fourth-order valence-electron chi connectivity index (χ4n) is 3.35. The van der Waals surface area contributed by atoms with Crippen LogP contribution < -0.4 is 20.9 Å². The number of rotatable bonds is 4. The number of nitrogens with zero attached hydrogens (tertiary/aromatic N) is 1. The highest BCUT2D eigenvalue weighted by Gasteiger charge is 2.29. The molecule has 7 heteroatoms. The lowest BCUT2D eigenvalue weighted by molar-refractivity contribution is -0.117. The number of hydrogen-bond donors (Lipinski definition) is 4. The molecule has 136 valence electrons. The number of carbonyl (C=O) groups excluding carboxylic acids is 2. The van der Waals surface area contributed by atoms with Crippen LogP contribution in [0.3, 0.4) is 0 Å². The van der Waals surface area contributed by atoms with Crippen LogP contribution in [0.5, 0.6) is 0 Å². The average molecular weight is 346 g/mol. The van der Waals surface area contributed by atoms with Crippen molar-refractivity contribution >= 4 is 23.3 Å². The molecule has 2 heterocycles. The van der Waals surface area contributed by atoms with Crippen LogP contribution in [-0.4, -0.2) is 48.8 Å². The maximum Gasteiger partial charge on any atom is 0.319 e. The minimum atomic E-state index is -0.894. The van der Waals surface area contributed by atoms with Crippen molar-refractivity contribution in [2.45, 2.75) is 38.2 Å². The summed E-state index contributed by atoms with van der Waals surface area (Å²) in [7, 11) is 0. The van der Waals surface area contributed by atoms with Crippen LogP contribution in [0.15, 0.2) is 18.2 Å². The number of aryl methyl sites for hydroxylation is 1. The molecule has 0 radical (unpaired) electrons. The number of amides is 3. The largest absolute Gasteiger partial charge is 0.387 e. The summed E-state index contributed by atoms with van der Waals surface area (Å²) < 4.78 is 0. The van der Waals surface area contributed by atoms with Gasteiger partial charge in [-0.1, -0.05) is 6.07 Å². The first-order valence-corrected chi connectivity index (χ1v) is 8.86. The number of urea groups is 1. The summed E-state index contributed by atoms with van der Waals surface area (Å²) in [6.45, 7) is 4.21. The SMILES string of the molecule is Cc1ccc(N2CCCC2=O)cc1NC(=O)NC[C@@]1(O)CCCNC1. The van der Waals surface area contributed by atoms with Gasteiger partial charge in [-0.2, -0.15) is 0 Å². The fraction of sp³-hybridized carbons (Fsp3) is 0.556. The molecular weight excluding hydrogens is 320 g/mol. The normalized spacial score (nSPS) is 23.6. The summed E-state index contributed by atoms with van der Waals surface area (Å²) in [6, 6.07) is 5.27. The third kappa shape index (κ3) is 4.29. The molecule has 2 aliphatic rings. The first-order chi connectivity index (χ1) is 12.0. The van der Waals surface area contributed by atoms with Crippen LogP contribution in [0, 0.1) is 6.92 Å². The van der Waals surface area contributed by atoms with E-state index in [0.717, 1.165) is 30.6 Å². The van der Waals surface area contributed by atoms with E-state index < -0.39 is 5.60 Å². The number of hydrogen-bond acceptors (Lipinski definition) is 4. The van der Waals surface area contributed by atoms with Gasteiger partial charge in [0.25, 0.3) is 0 Å². The Balaban J connectivity index is 1.61. The lowest BCUT2D eigenvalue weighted by Crippen LogP contribution is -2.53.